The fraction of sp³-hybridized carbons (Fsp3) is 1.00. The smallest absolute Gasteiger partial charge is 0.0593 e. The molecule has 0 aromatic heterocycles. The van der Waals surface area contributed by atoms with Crippen molar-refractivity contribution in [1.29, 1.82) is 0 Å². The van der Waals surface area contributed by atoms with Crippen LogP contribution in [0.2, 0.25) is 0 Å². The molecule has 0 aliphatic heterocycles. The summed E-state index contributed by atoms with van der Waals surface area (Å²) in [6, 6.07) is 0. The zero-order valence-electron chi connectivity index (χ0n) is 10.3. The molecular formula is C11H26N2O. The quantitative estimate of drug-likeness (QED) is 0.524. The fourth-order valence-corrected chi connectivity index (χ4v) is 1.32. The zero-order chi connectivity index (χ0) is 10.8. The van der Waals surface area contributed by atoms with E-state index in [0.29, 0.717) is 0 Å². The van der Waals surface area contributed by atoms with Crippen LogP contribution in [-0.2, 0) is 4.74 Å². The minimum atomic E-state index is 0.870. The van der Waals surface area contributed by atoms with Crippen molar-refractivity contribution in [2.24, 2.45) is 0 Å². The molecule has 0 unspecified atom stereocenters. The van der Waals surface area contributed by atoms with Gasteiger partial charge < -0.3 is 14.5 Å². The maximum absolute atomic E-state index is 5.55. The van der Waals surface area contributed by atoms with Crippen LogP contribution >= 0.6 is 0 Å². The molecule has 0 amide bonds. The number of rotatable bonds is 9. The summed E-state index contributed by atoms with van der Waals surface area (Å²) in [5, 5.41) is 0. The van der Waals surface area contributed by atoms with Crippen LogP contribution in [0.4, 0.5) is 0 Å². The first-order valence-electron chi connectivity index (χ1n) is 5.65. The molecule has 86 valence electrons. The second kappa shape index (κ2) is 9.44. The molecule has 14 heavy (non-hydrogen) atoms. The topological polar surface area (TPSA) is 15.7 Å². The first kappa shape index (κ1) is 13.9. The Morgan fingerprint density at radius 1 is 0.929 bits per heavy atom. The normalized spacial score (nSPS) is 11.6. The summed E-state index contributed by atoms with van der Waals surface area (Å²) in [6.07, 6.45) is 1.13. The van der Waals surface area contributed by atoms with Gasteiger partial charge in [0.25, 0.3) is 0 Å². The van der Waals surface area contributed by atoms with E-state index in [-0.39, 0.29) is 0 Å². The van der Waals surface area contributed by atoms with Gasteiger partial charge in [-0.3, -0.25) is 0 Å². The van der Waals surface area contributed by atoms with Gasteiger partial charge in [-0.1, -0.05) is 13.8 Å². The van der Waals surface area contributed by atoms with Crippen molar-refractivity contribution in [3.63, 3.8) is 0 Å². The van der Waals surface area contributed by atoms with Gasteiger partial charge in [-0.2, -0.15) is 0 Å². The Hall–Kier alpha value is -0.120. The van der Waals surface area contributed by atoms with Crippen LogP contribution in [-0.4, -0.2) is 63.3 Å². The van der Waals surface area contributed by atoms with Crippen molar-refractivity contribution in [1.82, 2.24) is 9.80 Å². The van der Waals surface area contributed by atoms with Crippen LogP contribution in [0, 0.1) is 0 Å². The van der Waals surface area contributed by atoms with Crippen molar-refractivity contribution in [2.45, 2.75) is 20.3 Å². The van der Waals surface area contributed by atoms with E-state index in [0.717, 1.165) is 45.8 Å². The van der Waals surface area contributed by atoms with Crippen LogP contribution in [0.25, 0.3) is 0 Å². The van der Waals surface area contributed by atoms with Crippen molar-refractivity contribution < 1.29 is 4.74 Å². The summed E-state index contributed by atoms with van der Waals surface area (Å²) in [6.45, 7) is 10.6. The molecule has 0 atom stereocenters. The lowest BCUT2D eigenvalue weighted by Gasteiger charge is -2.17. The van der Waals surface area contributed by atoms with Crippen LogP contribution in [0.5, 0.6) is 0 Å². The number of nitrogens with zero attached hydrogens (tertiary/aromatic N) is 2. The van der Waals surface area contributed by atoms with E-state index in [1.807, 2.05) is 0 Å². The predicted octanol–water partition coefficient (Wildman–Crippen LogP) is 1.30. The first-order valence-corrected chi connectivity index (χ1v) is 5.65. The predicted molar refractivity (Wildman–Crippen MR) is 61.8 cm³/mol. The van der Waals surface area contributed by atoms with Crippen LogP contribution in [0.3, 0.4) is 0 Å². The van der Waals surface area contributed by atoms with E-state index >= 15 is 0 Å². The highest BCUT2D eigenvalue weighted by molar-refractivity contribution is 4.50. The average Bonchev–Trinajstić information content (AvgIpc) is 2.16. The minimum Gasteiger partial charge on any atom is -0.380 e. The highest BCUT2D eigenvalue weighted by atomic mass is 16.5. The zero-order valence-corrected chi connectivity index (χ0v) is 10.3. The van der Waals surface area contributed by atoms with E-state index < -0.39 is 0 Å². The third-order valence-corrected chi connectivity index (χ3v) is 2.34. The van der Waals surface area contributed by atoms with Gasteiger partial charge >= 0.3 is 0 Å². The van der Waals surface area contributed by atoms with Gasteiger partial charge in [-0.25, -0.2) is 0 Å². The molecule has 0 aliphatic carbocycles. The summed E-state index contributed by atoms with van der Waals surface area (Å²) in [5.41, 5.74) is 0. The van der Waals surface area contributed by atoms with Crippen molar-refractivity contribution >= 4 is 0 Å². The van der Waals surface area contributed by atoms with E-state index in [1.165, 1.54) is 0 Å². The molecule has 0 rings (SSSR count). The summed E-state index contributed by atoms with van der Waals surface area (Å²) in [4.78, 5) is 4.57. The molecule has 0 aliphatic rings. The minimum absolute atomic E-state index is 0.870. The molecule has 0 saturated carbocycles. The molecular weight excluding hydrogens is 176 g/mol. The number of hydrogen-bond acceptors (Lipinski definition) is 3. The number of ether oxygens (including phenoxy) is 1. The van der Waals surface area contributed by atoms with E-state index in [9.17, 15) is 0 Å². The summed E-state index contributed by atoms with van der Waals surface area (Å²) < 4.78 is 5.55. The van der Waals surface area contributed by atoms with Gasteiger partial charge in [0.15, 0.2) is 0 Å². The van der Waals surface area contributed by atoms with Gasteiger partial charge in [0.2, 0.25) is 0 Å². The van der Waals surface area contributed by atoms with Crippen LogP contribution < -0.4 is 0 Å². The Morgan fingerprint density at radius 3 is 2.07 bits per heavy atom. The SMILES string of the molecule is CCN(CC)CCOCCCN(C)C. The van der Waals surface area contributed by atoms with Crippen molar-refractivity contribution in [3.8, 4) is 0 Å². The lowest BCUT2D eigenvalue weighted by molar-refractivity contribution is 0.101. The molecule has 0 saturated heterocycles. The fourth-order valence-electron chi connectivity index (χ4n) is 1.32. The highest BCUT2D eigenvalue weighted by Gasteiger charge is 1.97. The lowest BCUT2D eigenvalue weighted by Crippen LogP contribution is -2.27. The monoisotopic (exact) mass is 202 g/mol. The van der Waals surface area contributed by atoms with Crippen LogP contribution in [0.1, 0.15) is 20.3 Å². The number of likely N-dealkylation sites (N-methyl/N-ethyl adjacent to an activating group) is 1. The Balaban J connectivity index is 3.12. The third kappa shape index (κ3) is 8.48. The lowest BCUT2D eigenvalue weighted by atomic mass is 10.4. The maximum Gasteiger partial charge on any atom is 0.0593 e. The molecule has 0 aromatic rings. The van der Waals surface area contributed by atoms with Gasteiger partial charge in [0, 0.05) is 13.2 Å². The van der Waals surface area contributed by atoms with Gasteiger partial charge in [-0.05, 0) is 40.2 Å². The Kier molecular flexibility index (Phi) is 9.35. The molecule has 0 radical (unpaired) electrons. The Bertz CT molecular complexity index is 114. The standard InChI is InChI=1S/C11H26N2O/c1-5-13(6-2)9-11-14-10-7-8-12(3)4/h5-11H2,1-4H3. The summed E-state index contributed by atoms with van der Waals surface area (Å²) >= 11 is 0. The molecule has 0 fully saturated rings. The largest absolute Gasteiger partial charge is 0.380 e. The molecule has 3 nitrogen and oxygen atoms in total. The van der Waals surface area contributed by atoms with E-state index in [4.69, 9.17) is 4.74 Å². The third-order valence-electron chi connectivity index (χ3n) is 2.34. The van der Waals surface area contributed by atoms with E-state index in [1.54, 1.807) is 0 Å². The average molecular weight is 202 g/mol. The summed E-state index contributed by atoms with van der Waals surface area (Å²) in [5.74, 6) is 0. The molecule has 0 aromatic carbocycles. The second-order valence-electron chi connectivity index (χ2n) is 3.80. The Labute approximate surface area is 89.0 Å². The molecule has 3 heteroatoms. The number of hydrogen-bond donors (Lipinski definition) is 0. The first-order chi connectivity index (χ1) is 6.70. The van der Waals surface area contributed by atoms with Crippen molar-refractivity contribution in [3.05, 3.63) is 0 Å². The van der Waals surface area contributed by atoms with Gasteiger partial charge in [0.1, 0.15) is 0 Å². The molecule has 0 bridgehead atoms. The van der Waals surface area contributed by atoms with E-state index in [2.05, 4.69) is 37.7 Å². The molecule has 0 N–H and O–H groups in total. The Morgan fingerprint density at radius 2 is 1.57 bits per heavy atom. The highest BCUT2D eigenvalue weighted by Crippen LogP contribution is 1.89. The van der Waals surface area contributed by atoms with Crippen LogP contribution in [0.15, 0.2) is 0 Å². The second-order valence-corrected chi connectivity index (χ2v) is 3.80. The summed E-state index contributed by atoms with van der Waals surface area (Å²) in [7, 11) is 4.19. The van der Waals surface area contributed by atoms with Crippen molar-refractivity contribution in [2.75, 3.05) is 53.5 Å². The van der Waals surface area contributed by atoms with Gasteiger partial charge in [-0.15, -0.1) is 0 Å². The van der Waals surface area contributed by atoms with Gasteiger partial charge in [0.05, 0.1) is 6.61 Å². The maximum atomic E-state index is 5.55. The molecule has 0 heterocycles. The molecule has 0 spiro atoms.